The van der Waals surface area contributed by atoms with Crippen molar-refractivity contribution < 1.29 is 0 Å². The third kappa shape index (κ3) is 2.75. The molecule has 2 aromatic rings. The van der Waals surface area contributed by atoms with Crippen molar-refractivity contribution in [2.45, 2.75) is 45.6 Å². The SMILES string of the molecule is CC1(C)CN(c2nccn3nc(C(C)(C)C)cc23)CCN1. The summed E-state index contributed by atoms with van der Waals surface area (Å²) in [6.45, 7) is 14.0. The van der Waals surface area contributed by atoms with Gasteiger partial charge in [-0.15, -0.1) is 0 Å². The minimum absolute atomic E-state index is 0.0476. The highest BCUT2D eigenvalue weighted by Crippen LogP contribution is 2.27. The van der Waals surface area contributed by atoms with E-state index < -0.39 is 0 Å². The van der Waals surface area contributed by atoms with Crippen molar-refractivity contribution in [3.05, 3.63) is 24.2 Å². The quantitative estimate of drug-likeness (QED) is 0.873. The molecule has 1 fully saturated rings. The molecule has 0 aliphatic carbocycles. The Labute approximate surface area is 126 Å². The van der Waals surface area contributed by atoms with Crippen LogP contribution in [0.15, 0.2) is 18.5 Å². The minimum atomic E-state index is 0.0476. The Bertz CT molecular complexity index is 650. The van der Waals surface area contributed by atoms with Gasteiger partial charge < -0.3 is 10.2 Å². The van der Waals surface area contributed by atoms with Gasteiger partial charge in [0.15, 0.2) is 5.82 Å². The highest BCUT2D eigenvalue weighted by Gasteiger charge is 2.28. The Morgan fingerprint density at radius 1 is 1.29 bits per heavy atom. The molecule has 0 saturated carbocycles. The van der Waals surface area contributed by atoms with E-state index in [0.717, 1.165) is 36.7 Å². The van der Waals surface area contributed by atoms with Gasteiger partial charge in [0, 0.05) is 43.0 Å². The predicted octanol–water partition coefficient (Wildman–Crippen LogP) is 2.21. The molecule has 114 valence electrons. The van der Waals surface area contributed by atoms with Gasteiger partial charge in [-0.1, -0.05) is 20.8 Å². The molecule has 1 aliphatic rings. The van der Waals surface area contributed by atoms with Crippen LogP contribution in [-0.2, 0) is 5.41 Å². The average Bonchev–Trinajstić information content (AvgIpc) is 2.81. The van der Waals surface area contributed by atoms with Gasteiger partial charge in [-0.05, 0) is 19.9 Å². The molecule has 5 nitrogen and oxygen atoms in total. The summed E-state index contributed by atoms with van der Waals surface area (Å²) in [6.07, 6.45) is 3.78. The van der Waals surface area contributed by atoms with E-state index in [9.17, 15) is 0 Å². The first-order valence-corrected chi connectivity index (χ1v) is 7.61. The number of hydrogen-bond donors (Lipinski definition) is 1. The number of nitrogens with one attached hydrogen (secondary N) is 1. The topological polar surface area (TPSA) is 45.5 Å². The van der Waals surface area contributed by atoms with Crippen molar-refractivity contribution in [2.75, 3.05) is 24.5 Å². The van der Waals surface area contributed by atoms with Crippen LogP contribution < -0.4 is 10.2 Å². The molecule has 0 spiro atoms. The molecule has 0 amide bonds. The van der Waals surface area contributed by atoms with E-state index in [4.69, 9.17) is 5.10 Å². The highest BCUT2D eigenvalue weighted by molar-refractivity contribution is 5.69. The largest absolute Gasteiger partial charge is 0.352 e. The van der Waals surface area contributed by atoms with Gasteiger partial charge in [0.2, 0.25) is 0 Å². The number of nitrogens with zero attached hydrogens (tertiary/aromatic N) is 4. The number of anilines is 1. The summed E-state index contributed by atoms with van der Waals surface area (Å²) < 4.78 is 1.96. The molecule has 21 heavy (non-hydrogen) atoms. The standard InChI is InChI=1S/C16H25N5/c1-15(2,3)13-10-12-14(17-6-9-21(12)19-13)20-8-7-18-16(4,5)11-20/h6,9-10,18H,7-8,11H2,1-5H3. The van der Waals surface area contributed by atoms with Crippen molar-refractivity contribution in [3.8, 4) is 0 Å². The van der Waals surface area contributed by atoms with E-state index in [1.807, 2.05) is 16.9 Å². The Morgan fingerprint density at radius 2 is 2.05 bits per heavy atom. The van der Waals surface area contributed by atoms with Gasteiger partial charge in [-0.2, -0.15) is 5.10 Å². The summed E-state index contributed by atoms with van der Waals surface area (Å²) in [5, 5.41) is 8.25. The molecule has 2 aromatic heterocycles. The molecular weight excluding hydrogens is 262 g/mol. The molecule has 1 N–H and O–H groups in total. The predicted molar refractivity (Wildman–Crippen MR) is 86.0 cm³/mol. The minimum Gasteiger partial charge on any atom is -0.352 e. The first-order chi connectivity index (χ1) is 9.76. The summed E-state index contributed by atoms with van der Waals surface area (Å²) >= 11 is 0. The van der Waals surface area contributed by atoms with Crippen LogP contribution >= 0.6 is 0 Å². The monoisotopic (exact) mass is 287 g/mol. The van der Waals surface area contributed by atoms with Crippen molar-refractivity contribution >= 4 is 11.3 Å². The zero-order chi connectivity index (χ0) is 15.3. The fourth-order valence-corrected chi connectivity index (χ4v) is 2.84. The molecule has 1 saturated heterocycles. The maximum absolute atomic E-state index is 4.71. The summed E-state index contributed by atoms with van der Waals surface area (Å²) in [5.41, 5.74) is 2.36. The molecule has 5 heteroatoms. The summed E-state index contributed by atoms with van der Waals surface area (Å²) in [5.74, 6) is 1.04. The zero-order valence-corrected chi connectivity index (χ0v) is 13.6. The smallest absolute Gasteiger partial charge is 0.154 e. The van der Waals surface area contributed by atoms with E-state index in [1.54, 1.807) is 0 Å². The Hall–Kier alpha value is -1.62. The Balaban J connectivity index is 2.04. The van der Waals surface area contributed by atoms with Crippen LogP contribution in [0, 0.1) is 0 Å². The third-order valence-electron chi connectivity index (χ3n) is 4.01. The first-order valence-electron chi connectivity index (χ1n) is 7.61. The summed E-state index contributed by atoms with van der Waals surface area (Å²) in [7, 11) is 0. The van der Waals surface area contributed by atoms with Crippen molar-refractivity contribution in [3.63, 3.8) is 0 Å². The average molecular weight is 287 g/mol. The summed E-state index contributed by atoms with van der Waals surface area (Å²) in [4.78, 5) is 6.99. The Kier molecular flexibility index (Phi) is 3.20. The van der Waals surface area contributed by atoms with Gasteiger partial charge in [-0.3, -0.25) is 0 Å². The lowest BCUT2D eigenvalue weighted by molar-refractivity contribution is 0.352. The normalized spacial score (nSPS) is 19.2. The molecule has 3 rings (SSSR count). The van der Waals surface area contributed by atoms with E-state index in [2.05, 4.69) is 55.9 Å². The van der Waals surface area contributed by atoms with Gasteiger partial charge in [-0.25, -0.2) is 9.50 Å². The molecule has 0 bridgehead atoms. The van der Waals surface area contributed by atoms with Gasteiger partial charge in [0.05, 0.1) is 5.69 Å². The van der Waals surface area contributed by atoms with E-state index in [-0.39, 0.29) is 11.0 Å². The second kappa shape index (κ2) is 4.70. The van der Waals surface area contributed by atoms with E-state index in [0.29, 0.717) is 0 Å². The molecule has 3 heterocycles. The number of hydrogen-bond acceptors (Lipinski definition) is 4. The lowest BCUT2D eigenvalue weighted by Crippen LogP contribution is -2.57. The van der Waals surface area contributed by atoms with Crippen molar-refractivity contribution in [2.24, 2.45) is 0 Å². The van der Waals surface area contributed by atoms with E-state index in [1.165, 1.54) is 0 Å². The maximum atomic E-state index is 4.71. The number of aromatic nitrogens is 3. The highest BCUT2D eigenvalue weighted by atomic mass is 15.3. The molecule has 0 unspecified atom stereocenters. The van der Waals surface area contributed by atoms with Gasteiger partial charge >= 0.3 is 0 Å². The second-order valence-electron chi connectivity index (χ2n) is 7.59. The fraction of sp³-hybridized carbons (Fsp3) is 0.625. The molecule has 1 aliphatic heterocycles. The zero-order valence-electron chi connectivity index (χ0n) is 13.6. The van der Waals surface area contributed by atoms with Gasteiger partial charge in [0.25, 0.3) is 0 Å². The van der Waals surface area contributed by atoms with Crippen molar-refractivity contribution in [1.82, 2.24) is 19.9 Å². The second-order valence-corrected chi connectivity index (χ2v) is 7.59. The van der Waals surface area contributed by atoms with Crippen LogP contribution in [0.5, 0.6) is 0 Å². The van der Waals surface area contributed by atoms with E-state index >= 15 is 0 Å². The van der Waals surface area contributed by atoms with Crippen LogP contribution in [-0.4, -0.2) is 39.8 Å². The molecule has 0 aromatic carbocycles. The molecular formula is C16H25N5. The molecule has 0 atom stereocenters. The van der Waals surface area contributed by atoms with Crippen LogP contribution in [0.2, 0.25) is 0 Å². The maximum Gasteiger partial charge on any atom is 0.154 e. The number of piperazine rings is 1. The van der Waals surface area contributed by atoms with Crippen LogP contribution in [0.25, 0.3) is 5.52 Å². The third-order valence-corrected chi connectivity index (χ3v) is 4.01. The lowest BCUT2D eigenvalue weighted by Gasteiger charge is -2.39. The van der Waals surface area contributed by atoms with Gasteiger partial charge in [0.1, 0.15) is 5.52 Å². The summed E-state index contributed by atoms with van der Waals surface area (Å²) in [6, 6.07) is 2.18. The first kappa shape index (κ1) is 14.3. The number of fused-ring (bicyclic) bond motifs is 1. The fourth-order valence-electron chi connectivity index (χ4n) is 2.84. The number of rotatable bonds is 1. The van der Waals surface area contributed by atoms with Crippen LogP contribution in [0.4, 0.5) is 5.82 Å². The van der Waals surface area contributed by atoms with Crippen LogP contribution in [0.1, 0.15) is 40.3 Å². The molecule has 0 radical (unpaired) electrons. The van der Waals surface area contributed by atoms with Crippen LogP contribution in [0.3, 0.4) is 0 Å². The lowest BCUT2D eigenvalue weighted by atomic mass is 9.92. The van der Waals surface area contributed by atoms with Crippen molar-refractivity contribution in [1.29, 1.82) is 0 Å². The Morgan fingerprint density at radius 3 is 2.71 bits per heavy atom.